The fraction of sp³-hybridized carbons (Fsp3) is 0.421. The Labute approximate surface area is 162 Å². The van der Waals surface area contributed by atoms with Crippen molar-refractivity contribution in [2.75, 3.05) is 13.2 Å². The predicted molar refractivity (Wildman–Crippen MR) is 104 cm³/mol. The molecule has 1 aliphatic heterocycles. The van der Waals surface area contributed by atoms with Crippen molar-refractivity contribution in [1.82, 2.24) is 20.9 Å². The molecule has 0 aliphatic carbocycles. The van der Waals surface area contributed by atoms with Gasteiger partial charge in [-0.15, -0.1) is 11.3 Å². The molecule has 27 heavy (non-hydrogen) atoms. The topological polar surface area (TPSA) is 92.4 Å². The fourth-order valence-corrected chi connectivity index (χ4v) is 3.57. The Morgan fingerprint density at radius 2 is 2.11 bits per heavy atom. The molecule has 144 valence electrons. The predicted octanol–water partition coefficient (Wildman–Crippen LogP) is 2.36. The van der Waals surface area contributed by atoms with E-state index in [1.165, 1.54) is 0 Å². The lowest BCUT2D eigenvalue weighted by Crippen LogP contribution is -2.34. The first-order valence-corrected chi connectivity index (χ1v) is 9.83. The van der Waals surface area contributed by atoms with Crippen molar-refractivity contribution in [2.45, 2.75) is 39.0 Å². The molecule has 1 saturated heterocycles. The van der Waals surface area contributed by atoms with Crippen LogP contribution in [0, 0.1) is 6.92 Å². The van der Waals surface area contributed by atoms with Crippen LogP contribution in [-0.2, 0) is 17.8 Å². The number of hydrogen-bond donors (Lipinski definition) is 3. The van der Waals surface area contributed by atoms with Crippen molar-refractivity contribution in [1.29, 1.82) is 0 Å². The number of carbonyl (C=O) groups excluding carboxylic acids is 2. The number of aryl methyl sites for hydroxylation is 1. The lowest BCUT2D eigenvalue weighted by Gasteiger charge is -2.11. The van der Waals surface area contributed by atoms with Gasteiger partial charge in [-0.05, 0) is 37.5 Å². The van der Waals surface area contributed by atoms with E-state index in [-0.39, 0.29) is 18.0 Å². The number of thiazole rings is 1. The Hall–Kier alpha value is -2.45. The minimum Gasteiger partial charge on any atom is -0.376 e. The maximum atomic E-state index is 12.3. The van der Waals surface area contributed by atoms with E-state index in [1.807, 2.05) is 19.1 Å². The highest BCUT2D eigenvalue weighted by molar-refractivity contribution is 7.11. The van der Waals surface area contributed by atoms with Gasteiger partial charge in [-0.25, -0.2) is 9.78 Å². The van der Waals surface area contributed by atoms with Crippen LogP contribution < -0.4 is 16.0 Å². The average Bonchev–Trinajstić information content (AvgIpc) is 3.34. The molecule has 3 rings (SSSR count). The maximum absolute atomic E-state index is 12.3. The second kappa shape index (κ2) is 9.48. The third-order valence-electron chi connectivity index (χ3n) is 4.25. The molecule has 3 amide bonds. The summed E-state index contributed by atoms with van der Waals surface area (Å²) in [6.07, 6.45) is 3.91. The van der Waals surface area contributed by atoms with Gasteiger partial charge < -0.3 is 20.7 Å². The lowest BCUT2D eigenvalue weighted by molar-refractivity contribution is 0.0857. The van der Waals surface area contributed by atoms with E-state index in [0.717, 1.165) is 34.9 Å². The molecule has 0 radical (unpaired) electrons. The van der Waals surface area contributed by atoms with Crippen molar-refractivity contribution in [3.05, 3.63) is 51.5 Å². The molecule has 1 fully saturated rings. The molecule has 3 N–H and O–H groups in total. The first-order chi connectivity index (χ1) is 13.1. The van der Waals surface area contributed by atoms with Gasteiger partial charge >= 0.3 is 6.03 Å². The molecule has 7 nitrogen and oxygen atoms in total. The molecule has 1 aromatic heterocycles. The van der Waals surface area contributed by atoms with Crippen LogP contribution >= 0.6 is 11.3 Å². The van der Waals surface area contributed by atoms with Gasteiger partial charge in [0.2, 0.25) is 0 Å². The zero-order valence-corrected chi connectivity index (χ0v) is 16.1. The highest BCUT2D eigenvalue weighted by atomic mass is 32.1. The third kappa shape index (κ3) is 6.04. The first kappa shape index (κ1) is 19.3. The van der Waals surface area contributed by atoms with E-state index in [1.54, 1.807) is 29.7 Å². The Kier molecular flexibility index (Phi) is 6.78. The van der Waals surface area contributed by atoms with E-state index in [0.29, 0.717) is 25.2 Å². The normalized spacial score (nSPS) is 16.1. The molecule has 1 atom stereocenters. The summed E-state index contributed by atoms with van der Waals surface area (Å²) in [5.74, 6) is -0.127. The summed E-state index contributed by atoms with van der Waals surface area (Å²) in [7, 11) is 0. The zero-order chi connectivity index (χ0) is 19.1. The maximum Gasteiger partial charge on any atom is 0.315 e. The summed E-state index contributed by atoms with van der Waals surface area (Å²) in [5, 5.41) is 9.48. The monoisotopic (exact) mass is 388 g/mol. The van der Waals surface area contributed by atoms with Crippen LogP contribution in [0.15, 0.2) is 30.5 Å². The van der Waals surface area contributed by atoms with E-state index in [4.69, 9.17) is 4.74 Å². The van der Waals surface area contributed by atoms with E-state index < -0.39 is 0 Å². The molecule has 1 aromatic carbocycles. The van der Waals surface area contributed by atoms with Gasteiger partial charge in [0.1, 0.15) is 0 Å². The van der Waals surface area contributed by atoms with Crippen molar-refractivity contribution >= 4 is 23.3 Å². The van der Waals surface area contributed by atoms with Crippen molar-refractivity contribution in [3.63, 3.8) is 0 Å². The van der Waals surface area contributed by atoms with Gasteiger partial charge in [0, 0.05) is 36.3 Å². The number of aromatic nitrogens is 1. The van der Waals surface area contributed by atoms with Crippen molar-refractivity contribution in [2.24, 2.45) is 0 Å². The summed E-state index contributed by atoms with van der Waals surface area (Å²) in [4.78, 5) is 29.4. The summed E-state index contributed by atoms with van der Waals surface area (Å²) >= 11 is 1.56. The number of ether oxygens (including phenoxy) is 1. The average molecular weight is 388 g/mol. The molecular weight excluding hydrogens is 364 g/mol. The molecule has 0 bridgehead atoms. The Bertz CT molecular complexity index is 787. The molecule has 0 saturated carbocycles. The van der Waals surface area contributed by atoms with Gasteiger partial charge in [-0.1, -0.05) is 12.1 Å². The number of rotatable bonds is 7. The van der Waals surface area contributed by atoms with Crippen molar-refractivity contribution in [3.8, 4) is 0 Å². The zero-order valence-electron chi connectivity index (χ0n) is 15.3. The quantitative estimate of drug-likeness (QED) is 0.679. The number of benzene rings is 1. The van der Waals surface area contributed by atoms with Gasteiger partial charge in [-0.2, -0.15) is 0 Å². The molecule has 0 spiro atoms. The minimum absolute atomic E-state index is 0.116. The fourth-order valence-electron chi connectivity index (χ4n) is 2.84. The SMILES string of the molecule is Cc1ncc(CNC(=O)NCc2cccc(C(=O)NCC3CCCO3)c2)s1. The van der Waals surface area contributed by atoms with Gasteiger partial charge in [0.15, 0.2) is 0 Å². The van der Waals surface area contributed by atoms with E-state index in [2.05, 4.69) is 20.9 Å². The van der Waals surface area contributed by atoms with E-state index in [9.17, 15) is 9.59 Å². The molecule has 1 unspecified atom stereocenters. The minimum atomic E-state index is -0.255. The smallest absolute Gasteiger partial charge is 0.315 e. The Morgan fingerprint density at radius 1 is 1.26 bits per heavy atom. The van der Waals surface area contributed by atoms with Gasteiger partial charge in [-0.3, -0.25) is 4.79 Å². The van der Waals surface area contributed by atoms with Gasteiger partial charge in [0.25, 0.3) is 5.91 Å². The molecule has 2 heterocycles. The second-order valence-corrected chi connectivity index (χ2v) is 7.75. The highest BCUT2D eigenvalue weighted by Crippen LogP contribution is 2.12. The van der Waals surface area contributed by atoms with Crippen LogP contribution in [0.25, 0.3) is 0 Å². The summed E-state index contributed by atoms with van der Waals surface area (Å²) < 4.78 is 5.51. The van der Waals surface area contributed by atoms with Crippen LogP contribution in [0.5, 0.6) is 0 Å². The molecule has 2 aromatic rings. The van der Waals surface area contributed by atoms with Crippen LogP contribution in [0.1, 0.15) is 38.6 Å². The van der Waals surface area contributed by atoms with Crippen LogP contribution in [-0.4, -0.2) is 36.2 Å². The number of urea groups is 1. The summed E-state index contributed by atoms with van der Waals surface area (Å²) in [5.41, 5.74) is 1.44. The Balaban J connectivity index is 1.43. The molecular formula is C19H24N4O3S. The van der Waals surface area contributed by atoms with Crippen molar-refractivity contribution < 1.29 is 14.3 Å². The Morgan fingerprint density at radius 3 is 2.85 bits per heavy atom. The van der Waals surface area contributed by atoms with Crippen LogP contribution in [0.4, 0.5) is 4.79 Å². The molecule has 8 heteroatoms. The molecule has 1 aliphatic rings. The highest BCUT2D eigenvalue weighted by Gasteiger charge is 2.16. The van der Waals surface area contributed by atoms with E-state index >= 15 is 0 Å². The standard InChI is InChI=1S/C19H24N4O3S/c1-13-20-11-17(27-13)12-23-19(25)22-9-14-4-2-5-15(8-14)18(24)21-10-16-6-3-7-26-16/h2,4-5,8,11,16H,3,6-7,9-10,12H2,1H3,(H,21,24)(H2,22,23,25). The summed E-state index contributed by atoms with van der Waals surface area (Å²) in [6, 6.07) is 6.99. The largest absolute Gasteiger partial charge is 0.376 e. The van der Waals surface area contributed by atoms with Crippen LogP contribution in [0.3, 0.4) is 0 Å². The number of hydrogen-bond acceptors (Lipinski definition) is 5. The third-order valence-corrected chi connectivity index (χ3v) is 5.16. The number of nitrogens with one attached hydrogen (secondary N) is 3. The summed E-state index contributed by atoms with van der Waals surface area (Å²) in [6.45, 7) is 4.02. The number of nitrogens with zero attached hydrogens (tertiary/aromatic N) is 1. The van der Waals surface area contributed by atoms with Gasteiger partial charge in [0.05, 0.1) is 17.7 Å². The number of amides is 3. The number of carbonyl (C=O) groups is 2. The first-order valence-electron chi connectivity index (χ1n) is 9.02. The lowest BCUT2D eigenvalue weighted by atomic mass is 10.1. The van der Waals surface area contributed by atoms with Crippen LogP contribution in [0.2, 0.25) is 0 Å². The second-order valence-electron chi connectivity index (χ2n) is 6.43.